The van der Waals surface area contributed by atoms with Crippen molar-refractivity contribution in [2.24, 2.45) is 0 Å². The Morgan fingerprint density at radius 3 is 2.72 bits per heavy atom. The SMILES string of the molecule is COc1cc(F)c(-c2cc(C(=O)O)on2)cc1C. The number of carboxylic acids is 1. The highest BCUT2D eigenvalue weighted by Gasteiger charge is 2.16. The van der Waals surface area contributed by atoms with E-state index in [2.05, 4.69) is 9.68 Å². The molecule has 0 aliphatic rings. The average molecular weight is 251 g/mol. The van der Waals surface area contributed by atoms with E-state index in [9.17, 15) is 9.18 Å². The third kappa shape index (κ3) is 2.04. The Labute approximate surface area is 102 Å². The minimum absolute atomic E-state index is 0.135. The molecule has 1 aromatic carbocycles. The van der Waals surface area contributed by atoms with Gasteiger partial charge >= 0.3 is 5.97 Å². The zero-order valence-electron chi connectivity index (χ0n) is 9.73. The molecule has 0 aliphatic carbocycles. The average Bonchev–Trinajstić information content (AvgIpc) is 2.81. The summed E-state index contributed by atoms with van der Waals surface area (Å²) in [5, 5.41) is 12.2. The maximum atomic E-state index is 13.8. The summed E-state index contributed by atoms with van der Waals surface area (Å²) in [6, 6.07) is 3.92. The fourth-order valence-corrected chi connectivity index (χ4v) is 1.58. The summed E-state index contributed by atoms with van der Waals surface area (Å²) >= 11 is 0. The predicted molar refractivity (Wildman–Crippen MR) is 60.1 cm³/mol. The molecule has 0 unspecified atom stereocenters. The van der Waals surface area contributed by atoms with E-state index in [-0.39, 0.29) is 17.0 Å². The Bertz CT molecular complexity index is 606. The van der Waals surface area contributed by atoms with Crippen LogP contribution in [0.25, 0.3) is 11.3 Å². The first-order valence-corrected chi connectivity index (χ1v) is 5.07. The normalized spacial score (nSPS) is 10.4. The number of hydrogen-bond acceptors (Lipinski definition) is 4. The Balaban J connectivity index is 2.50. The number of aromatic carboxylic acids is 1. The Kier molecular flexibility index (Phi) is 3.01. The van der Waals surface area contributed by atoms with Gasteiger partial charge in [-0.2, -0.15) is 0 Å². The van der Waals surface area contributed by atoms with Gasteiger partial charge in [-0.3, -0.25) is 0 Å². The quantitative estimate of drug-likeness (QED) is 0.907. The number of benzene rings is 1. The number of rotatable bonds is 3. The smallest absolute Gasteiger partial charge is 0.374 e. The van der Waals surface area contributed by atoms with Crippen molar-refractivity contribution in [3.8, 4) is 17.0 Å². The number of hydrogen-bond donors (Lipinski definition) is 1. The molecule has 0 aliphatic heterocycles. The summed E-state index contributed by atoms with van der Waals surface area (Å²) in [4.78, 5) is 10.7. The number of methoxy groups -OCH3 is 1. The van der Waals surface area contributed by atoms with Gasteiger partial charge in [0, 0.05) is 17.7 Å². The molecule has 0 radical (unpaired) electrons. The minimum atomic E-state index is -1.25. The van der Waals surface area contributed by atoms with E-state index in [1.807, 2.05) is 0 Å². The molecule has 0 saturated heterocycles. The molecule has 94 valence electrons. The summed E-state index contributed by atoms with van der Waals surface area (Å²) in [6.45, 7) is 1.75. The van der Waals surface area contributed by atoms with E-state index in [1.54, 1.807) is 6.92 Å². The molecule has 5 nitrogen and oxygen atoms in total. The second kappa shape index (κ2) is 4.48. The maximum absolute atomic E-state index is 13.8. The molecule has 1 aromatic heterocycles. The number of aromatic nitrogens is 1. The van der Waals surface area contributed by atoms with Crippen molar-refractivity contribution in [3.05, 3.63) is 35.3 Å². The molecule has 0 amide bonds. The van der Waals surface area contributed by atoms with E-state index in [1.165, 1.54) is 25.3 Å². The second-order valence-corrected chi connectivity index (χ2v) is 3.68. The number of ether oxygens (including phenoxy) is 1. The van der Waals surface area contributed by atoms with Crippen LogP contribution in [0.15, 0.2) is 22.7 Å². The first-order valence-electron chi connectivity index (χ1n) is 5.07. The lowest BCUT2D eigenvalue weighted by Crippen LogP contribution is -1.93. The van der Waals surface area contributed by atoms with Gasteiger partial charge in [-0.1, -0.05) is 5.16 Å². The predicted octanol–water partition coefficient (Wildman–Crippen LogP) is 2.50. The van der Waals surface area contributed by atoms with E-state index >= 15 is 0 Å². The highest BCUT2D eigenvalue weighted by atomic mass is 19.1. The van der Waals surface area contributed by atoms with Crippen LogP contribution < -0.4 is 4.74 Å². The number of aryl methyl sites for hydroxylation is 1. The van der Waals surface area contributed by atoms with Gasteiger partial charge in [0.15, 0.2) is 0 Å². The highest BCUT2D eigenvalue weighted by molar-refractivity contribution is 5.85. The van der Waals surface area contributed by atoms with E-state index < -0.39 is 11.8 Å². The molecule has 6 heteroatoms. The van der Waals surface area contributed by atoms with Crippen molar-refractivity contribution in [3.63, 3.8) is 0 Å². The van der Waals surface area contributed by atoms with Crippen molar-refractivity contribution in [2.75, 3.05) is 7.11 Å². The van der Waals surface area contributed by atoms with E-state index in [0.717, 1.165) is 0 Å². The zero-order valence-corrected chi connectivity index (χ0v) is 9.73. The third-order valence-electron chi connectivity index (χ3n) is 2.48. The Morgan fingerprint density at radius 2 is 2.17 bits per heavy atom. The van der Waals surface area contributed by atoms with Gasteiger partial charge in [0.2, 0.25) is 5.76 Å². The van der Waals surface area contributed by atoms with Crippen LogP contribution in [-0.4, -0.2) is 23.3 Å². The van der Waals surface area contributed by atoms with Crippen molar-refractivity contribution in [1.82, 2.24) is 5.16 Å². The topological polar surface area (TPSA) is 72.6 Å². The van der Waals surface area contributed by atoms with Crippen molar-refractivity contribution in [1.29, 1.82) is 0 Å². The Morgan fingerprint density at radius 1 is 1.44 bits per heavy atom. The lowest BCUT2D eigenvalue weighted by Gasteiger charge is -2.06. The number of carboxylic acid groups (broad SMARTS) is 1. The molecule has 0 atom stereocenters. The van der Waals surface area contributed by atoms with Gasteiger partial charge < -0.3 is 14.4 Å². The molecule has 18 heavy (non-hydrogen) atoms. The molecule has 2 aromatic rings. The van der Waals surface area contributed by atoms with Crippen molar-refractivity contribution in [2.45, 2.75) is 6.92 Å². The van der Waals surface area contributed by atoms with Gasteiger partial charge in [-0.25, -0.2) is 9.18 Å². The minimum Gasteiger partial charge on any atom is -0.496 e. The van der Waals surface area contributed by atoms with Crippen LogP contribution in [0.2, 0.25) is 0 Å². The van der Waals surface area contributed by atoms with Gasteiger partial charge in [0.1, 0.15) is 17.3 Å². The lowest BCUT2D eigenvalue weighted by molar-refractivity contribution is 0.0652. The maximum Gasteiger partial charge on any atom is 0.374 e. The van der Waals surface area contributed by atoms with Crippen LogP contribution in [-0.2, 0) is 0 Å². The molecule has 0 bridgehead atoms. The van der Waals surface area contributed by atoms with E-state index in [4.69, 9.17) is 9.84 Å². The molecule has 2 rings (SSSR count). The summed E-state index contributed by atoms with van der Waals surface area (Å²) < 4.78 is 23.4. The fraction of sp³-hybridized carbons (Fsp3) is 0.167. The Hall–Kier alpha value is -2.37. The van der Waals surface area contributed by atoms with Gasteiger partial charge in [0.05, 0.1) is 7.11 Å². The third-order valence-corrected chi connectivity index (χ3v) is 2.48. The molecule has 1 N–H and O–H groups in total. The molecule has 1 heterocycles. The summed E-state index contributed by atoms with van der Waals surface area (Å²) in [5.74, 6) is -1.72. The van der Waals surface area contributed by atoms with Gasteiger partial charge in [0.25, 0.3) is 0 Å². The van der Waals surface area contributed by atoms with Gasteiger partial charge in [-0.05, 0) is 18.6 Å². The molecule has 0 spiro atoms. The molecular weight excluding hydrogens is 241 g/mol. The van der Waals surface area contributed by atoms with Crippen LogP contribution in [0.3, 0.4) is 0 Å². The first-order chi connectivity index (χ1) is 8.52. The van der Waals surface area contributed by atoms with E-state index in [0.29, 0.717) is 11.3 Å². The highest BCUT2D eigenvalue weighted by Crippen LogP contribution is 2.29. The van der Waals surface area contributed by atoms with Gasteiger partial charge in [-0.15, -0.1) is 0 Å². The zero-order chi connectivity index (χ0) is 13.3. The number of halogens is 1. The number of carbonyl (C=O) groups is 1. The lowest BCUT2D eigenvalue weighted by atomic mass is 10.1. The molecular formula is C12H10FNO4. The van der Waals surface area contributed by atoms with Crippen molar-refractivity contribution < 1.29 is 23.6 Å². The van der Waals surface area contributed by atoms with Crippen molar-refractivity contribution >= 4 is 5.97 Å². The molecule has 0 saturated carbocycles. The largest absolute Gasteiger partial charge is 0.496 e. The van der Waals surface area contributed by atoms with Crippen LogP contribution in [0, 0.1) is 12.7 Å². The summed E-state index contributed by atoms with van der Waals surface area (Å²) in [7, 11) is 1.44. The summed E-state index contributed by atoms with van der Waals surface area (Å²) in [6.07, 6.45) is 0. The summed E-state index contributed by atoms with van der Waals surface area (Å²) in [5.41, 5.74) is 1.02. The monoisotopic (exact) mass is 251 g/mol. The standard InChI is InChI=1S/C12H10FNO4/c1-6-3-7(8(13)4-10(6)17-2)9-5-11(12(15)16)18-14-9/h3-5H,1-2H3,(H,15,16). The van der Waals surface area contributed by atoms with Crippen LogP contribution in [0.1, 0.15) is 16.1 Å². The fourth-order valence-electron chi connectivity index (χ4n) is 1.58. The van der Waals surface area contributed by atoms with Crippen LogP contribution in [0.4, 0.5) is 4.39 Å². The first kappa shape index (κ1) is 12.1. The second-order valence-electron chi connectivity index (χ2n) is 3.68. The number of nitrogens with zero attached hydrogens (tertiary/aromatic N) is 1. The van der Waals surface area contributed by atoms with Crippen LogP contribution >= 0.6 is 0 Å². The van der Waals surface area contributed by atoms with Crippen LogP contribution in [0.5, 0.6) is 5.75 Å². The molecule has 0 fully saturated rings.